The Morgan fingerprint density at radius 2 is 1.93 bits per heavy atom. The molecule has 0 aliphatic carbocycles. The Balaban J connectivity index is 2.24. The number of piperidine rings is 1. The molecule has 0 bridgehead atoms. The Kier molecular flexibility index (Phi) is 5.02. The maximum Gasteiger partial charge on any atom is 0.211 e. The van der Waals surface area contributed by atoms with Gasteiger partial charge < -0.3 is 4.74 Å². The first-order valence-electron chi connectivity index (χ1n) is 5.60. The summed E-state index contributed by atoms with van der Waals surface area (Å²) in [7, 11) is -3.00. The summed E-state index contributed by atoms with van der Waals surface area (Å²) < 4.78 is 29.7. The molecule has 0 atom stereocenters. The van der Waals surface area contributed by atoms with E-state index in [1.807, 2.05) is 0 Å². The van der Waals surface area contributed by atoms with Crippen molar-refractivity contribution in [3.05, 3.63) is 0 Å². The molecule has 4 nitrogen and oxygen atoms in total. The van der Waals surface area contributed by atoms with Crippen LogP contribution in [0, 0.1) is 0 Å². The predicted octanol–water partition coefficient (Wildman–Crippen LogP) is 1.23. The first-order chi connectivity index (χ1) is 7.04. The van der Waals surface area contributed by atoms with Gasteiger partial charge in [0.15, 0.2) is 0 Å². The number of rotatable bonds is 5. The van der Waals surface area contributed by atoms with Crippen molar-refractivity contribution in [3.8, 4) is 0 Å². The lowest BCUT2D eigenvalue weighted by molar-refractivity contribution is 0.0199. The maximum atomic E-state index is 11.2. The molecule has 15 heavy (non-hydrogen) atoms. The predicted molar refractivity (Wildman–Crippen MR) is 60.3 cm³/mol. The van der Waals surface area contributed by atoms with Crippen molar-refractivity contribution >= 4 is 10.0 Å². The Morgan fingerprint density at radius 3 is 2.40 bits per heavy atom. The monoisotopic (exact) mass is 235 g/mol. The molecule has 0 aromatic rings. The number of sulfonamides is 1. The molecule has 0 radical (unpaired) electrons. The molecule has 0 unspecified atom stereocenters. The van der Waals surface area contributed by atoms with E-state index in [2.05, 4.69) is 6.92 Å². The third kappa shape index (κ3) is 4.49. The van der Waals surface area contributed by atoms with Crippen molar-refractivity contribution in [2.75, 3.05) is 26.0 Å². The quantitative estimate of drug-likeness (QED) is 0.673. The van der Waals surface area contributed by atoms with Crippen LogP contribution in [0.2, 0.25) is 0 Å². The van der Waals surface area contributed by atoms with Gasteiger partial charge in [-0.25, -0.2) is 12.7 Å². The summed E-state index contributed by atoms with van der Waals surface area (Å²) >= 11 is 0. The maximum absolute atomic E-state index is 11.2. The Bertz CT molecular complexity index is 268. The Morgan fingerprint density at radius 1 is 1.33 bits per heavy atom. The highest BCUT2D eigenvalue weighted by molar-refractivity contribution is 7.88. The van der Waals surface area contributed by atoms with E-state index in [0.717, 1.165) is 32.3 Å². The van der Waals surface area contributed by atoms with Crippen LogP contribution >= 0.6 is 0 Å². The molecule has 0 aromatic heterocycles. The van der Waals surface area contributed by atoms with Gasteiger partial charge in [0, 0.05) is 19.7 Å². The topological polar surface area (TPSA) is 46.6 Å². The summed E-state index contributed by atoms with van der Waals surface area (Å²) in [6.45, 7) is 4.15. The molecule has 1 aliphatic heterocycles. The van der Waals surface area contributed by atoms with Gasteiger partial charge in [0.2, 0.25) is 10.0 Å². The molecule has 1 saturated heterocycles. The third-order valence-electron chi connectivity index (χ3n) is 2.72. The lowest BCUT2D eigenvalue weighted by Crippen LogP contribution is -2.40. The highest BCUT2D eigenvalue weighted by Crippen LogP contribution is 2.16. The van der Waals surface area contributed by atoms with E-state index in [1.54, 1.807) is 0 Å². The van der Waals surface area contributed by atoms with Gasteiger partial charge in [0.25, 0.3) is 0 Å². The molecular formula is C10H21NO3S. The number of ether oxygens (including phenoxy) is 1. The van der Waals surface area contributed by atoms with Crippen molar-refractivity contribution in [2.24, 2.45) is 0 Å². The summed E-state index contributed by atoms with van der Waals surface area (Å²) in [6.07, 6.45) is 5.42. The lowest BCUT2D eigenvalue weighted by Gasteiger charge is -2.30. The highest BCUT2D eigenvalue weighted by atomic mass is 32.2. The molecule has 0 spiro atoms. The van der Waals surface area contributed by atoms with Crippen molar-refractivity contribution in [3.63, 3.8) is 0 Å². The minimum Gasteiger partial charge on any atom is -0.378 e. The van der Waals surface area contributed by atoms with Gasteiger partial charge in [-0.3, -0.25) is 0 Å². The molecule has 0 saturated carbocycles. The van der Waals surface area contributed by atoms with E-state index < -0.39 is 10.0 Å². The fourth-order valence-corrected chi connectivity index (χ4v) is 2.60. The molecule has 0 N–H and O–H groups in total. The zero-order valence-electron chi connectivity index (χ0n) is 9.61. The summed E-state index contributed by atoms with van der Waals surface area (Å²) in [4.78, 5) is 0. The normalized spacial score (nSPS) is 20.7. The van der Waals surface area contributed by atoms with Gasteiger partial charge in [-0.15, -0.1) is 0 Å². The number of hydrogen-bond acceptors (Lipinski definition) is 3. The molecule has 90 valence electrons. The molecule has 1 aliphatic rings. The van der Waals surface area contributed by atoms with E-state index in [0.29, 0.717) is 13.1 Å². The van der Waals surface area contributed by atoms with Crippen LogP contribution in [0.3, 0.4) is 0 Å². The Hall–Kier alpha value is -0.130. The average Bonchev–Trinajstić information content (AvgIpc) is 2.18. The van der Waals surface area contributed by atoms with Crippen LogP contribution in [0.5, 0.6) is 0 Å². The van der Waals surface area contributed by atoms with E-state index in [-0.39, 0.29) is 6.10 Å². The van der Waals surface area contributed by atoms with Crippen LogP contribution in [-0.2, 0) is 14.8 Å². The van der Waals surface area contributed by atoms with E-state index in [4.69, 9.17) is 4.74 Å². The third-order valence-corrected chi connectivity index (χ3v) is 4.02. The van der Waals surface area contributed by atoms with Gasteiger partial charge in [-0.05, 0) is 19.3 Å². The summed E-state index contributed by atoms with van der Waals surface area (Å²) in [5.74, 6) is 0. The SMILES string of the molecule is CCCCOC1CCN(S(C)(=O)=O)CC1. The first-order valence-corrected chi connectivity index (χ1v) is 7.45. The van der Waals surface area contributed by atoms with Gasteiger partial charge >= 0.3 is 0 Å². The zero-order chi connectivity index (χ0) is 11.3. The van der Waals surface area contributed by atoms with Gasteiger partial charge in [-0.2, -0.15) is 0 Å². The second-order valence-electron chi connectivity index (χ2n) is 4.09. The molecule has 1 heterocycles. The first kappa shape index (κ1) is 12.9. The molecule has 1 rings (SSSR count). The van der Waals surface area contributed by atoms with E-state index in [9.17, 15) is 8.42 Å². The van der Waals surface area contributed by atoms with E-state index >= 15 is 0 Å². The summed E-state index contributed by atoms with van der Waals surface area (Å²) in [6, 6.07) is 0. The number of hydrogen-bond donors (Lipinski definition) is 0. The van der Waals surface area contributed by atoms with Crippen LogP contribution in [0.1, 0.15) is 32.6 Å². The van der Waals surface area contributed by atoms with Crippen LogP contribution in [0.15, 0.2) is 0 Å². The molecule has 5 heteroatoms. The fraction of sp³-hybridized carbons (Fsp3) is 1.00. The van der Waals surface area contributed by atoms with Crippen LogP contribution in [0.25, 0.3) is 0 Å². The van der Waals surface area contributed by atoms with Crippen LogP contribution < -0.4 is 0 Å². The standard InChI is InChI=1S/C10H21NO3S/c1-3-4-9-14-10-5-7-11(8-6-10)15(2,12)13/h10H,3-9H2,1-2H3. The lowest BCUT2D eigenvalue weighted by atomic mass is 10.1. The van der Waals surface area contributed by atoms with Crippen molar-refractivity contribution in [1.29, 1.82) is 0 Å². The van der Waals surface area contributed by atoms with Gasteiger partial charge in [-0.1, -0.05) is 13.3 Å². The summed E-state index contributed by atoms with van der Waals surface area (Å²) in [5.41, 5.74) is 0. The average molecular weight is 235 g/mol. The second-order valence-corrected chi connectivity index (χ2v) is 6.07. The highest BCUT2D eigenvalue weighted by Gasteiger charge is 2.24. The fourth-order valence-electron chi connectivity index (χ4n) is 1.72. The largest absolute Gasteiger partial charge is 0.378 e. The second kappa shape index (κ2) is 5.82. The molecule has 0 amide bonds. The minimum atomic E-state index is -3.00. The Labute approximate surface area is 92.7 Å². The number of unbranched alkanes of at least 4 members (excludes halogenated alkanes) is 1. The van der Waals surface area contributed by atoms with E-state index in [1.165, 1.54) is 10.6 Å². The molecule has 1 fully saturated rings. The van der Waals surface area contributed by atoms with Crippen molar-refractivity contribution in [2.45, 2.75) is 38.7 Å². The zero-order valence-corrected chi connectivity index (χ0v) is 10.4. The van der Waals surface area contributed by atoms with Gasteiger partial charge in [0.05, 0.1) is 12.4 Å². The van der Waals surface area contributed by atoms with Crippen molar-refractivity contribution in [1.82, 2.24) is 4.31 Å². The van der Waals surface area contributed by atoms with Gasteiger partial charge in [0.1, 0.15) is 0 Å². The number of nitrogens with zero attached hydrogens (tertiary/aromatic N) is 1. The molecule has 0 aromatic carbocycles. The van der Waals surface area contributed by atoms with Crippen molar-refractivity contribution < 1.29 is 13.2 Å². The molecular weight excluding hydrogens is 214 g/mol. The smallest absolute Gasteiger partial charge is 0.211 e. The summed E-state index contributed by atoms with van der Waals surface area (Å²) in [5, 5.41) is 0. The van der Waals surface area contributed by atoms with Crippen LogP contribution in [0.4, 0.5) is 0 Å². The minimum absolute atomic E-state index is 0.259. The van der Waals surface area contributed by atoms with Crippen LogP contribution in [-0.4, -0.2) is 44.8 Å².